The number of hydrogen-bond donors (Lipinski definition) is 3. The quantitative estimate of drug-likeness (QED) is 0.335. The summed E-state index contributed by atoms with van der Waals surface area (Å²) in [4.78, 5) is 2.14. The Labute approximate surface area is 120 Å². The lowest BCUT2D eigenvalue weighted by atomic mass is 9.94. The summed E-state index contributed by atoms with van der Waals surface area (Å²) in [6.07, 6.45) is 1.79. The van der Waals surface area contributed by atoms with Gasteiger partial charge in [-0.2, -0.15) is 0 Å². The van der Waals surface area contributed by atoms with E-state index in [-0.39, 0.29) is 5.84 Å². The van der Waals surface area contributed by atoms with Gasteiger partial charge in [0.25, 0.3) is 0 Å². The maximum atomic E-state index is 10.1. The van der Waals surface area contributed by atoms with E-state index in [1.807, 2.05) is 19.1 Å². The standard InChI is InChI=1S/C13H18BrN3O2/c1-13(18)5-2-6-17(8-13)9-3-4-10(11(14)7-9)12(15)16-19/h3-4,7,18-19H,2,5-6,8H2,1H3,(H2,15,16). The predicted molar refractivity (Wildman–Crippen MR) is 78.7 cm³/mol. The van der Waals surface area contributed by atoms with Crippen LogP contribution in [0.5, 0.6) is 0 Å². The first-order valence-corrected chi connectivity index (χ1v) is 6.97. The van der Waals surface area contributed by atoms with Crippen LogP contribution in [0.2, 0.25) is 0 Å². The number of β-amino-alcohol motifs (C(OH)–C–C–N with tert-alkyl or cyclic N) is 1. The van der Waals surface area contributed by atoms with Crippen LogP contribution in [0, 0.1) is 0 Å². The van der Waals surface area contributed by atoms with Crippen LogP contribution in [0.4, 0.5) is 5.69 Å². The largest absolute Gasteiger partial charge is 0.409 e. The average Bonchev–Trinajstić information content (AvgIpc) is 2.36. The predicted octanol–water partition coefficient (Wildman–Crippen LogP) is 1.89. The molecule has 104 valence electrons. The monoisotopic (exact) mass is 327 g/mol. The lowest BCUT2D eigenvalue weighted by molar-refractivity contribution is 0.0449. The maximum absolute atomic E-state index is 10.1. The van der Waals surface area contributed by atoms with Gasteiger partial charge >= 0.3 is 0 Å². The second-order valence-electron chi connectivity index (χ2n) is 5.17. The summed E-state index contributed by atoms with van der Waals surface area (Å²) in [6.45, 7) is 3.40. The number of hydrogen-bond acceptors (Lipinski definition) is 4. The average molecular weight is 328 g/mol. The summed E-state index contributed by atoms with van der Waals surface area (Å²) < 4.78 is 0.769. The molecule has 0 spiro atoms. The van der Waals surface area contributed by atoms with Crippen molar-refractivity contribution in [1.82, 2.24) is 0 Å². The number of oxime groups is 1. The summed E-state index contributed by atoms with van der Waals surface area (Å²) in [7, 11) is 0. The highest BCUT2D eigenvalue weighted by Gasteiger charge is 2.28. The molecule has 1 aliphatic rings. The highest BCUT2D eigenvalue weighted by molar-refractivity contribution is 9.10. The second kappa shape index (κ2) is 5.38. The number of piperidine rings is 1. The molecule has 4 N–H and O–H groups in total. The van der Waals surface area contributed by atoms with Gasteiger partial charge in [-0.3, -0.25) is 0 Å². The van der Waals surface area contributed by atoms with Crippen LogP contribution in [0.25, 0.3) is 0 Å². The molecule has 0 aliphatic carbocycles. The topological polar surface area (TPSA) is 82.1 Å². The van der Waals surface area contributed by atoms with Gasteiger partial charge in [0, 0.05) is 28.8 Å². The van der Waals surface area contributed by atoms with Crippen molar-refractivity contribution in [2.75, 3.05) is 18.0 Å². The molecule has 1 aliphatic heterocycles. The van der Waals surface area contributed by atoms with Gasteiger partial charge in [0.15, 0.2) is 5.84 Å². The molecule has 1 atom stereocenters. The maximum Gasteiger partial charge on any atom is 0.171 e. The first-order valence-electron chi connectivity index (χ1n) is 6.18. The molecular formula is C13H18BrN3O2. The van der Waals surface area contributed by atoms with Gasteiger partial charge in [-0.15, -0.1) is 0 Å². The smallest absolute Gasteiger partial charge is 0.171 e. The summed E-state index contributed by atoms with van der Waals surface area (Å²) in [5.41, 5.74) is 6.60. The summed E-state index contributed by atoms with van der Waals surface area (Å²) >= 11 is 3.42. The Morgan fingerprint density at radius 3 is 2.84 bits per heavy atom. The minimum Gasteiger partial charge on any atom is -0.409 e. The SMILES string of the molecule is CC1(O)CCCN(c2ccc(/C(N)=N/O)c(Br)c2)C1. The molecular weight excluding hydrogens is 310 g/mol. The molecule has 0 aromatic heterocycles. The van der Waals surface area contributed by atoms with E-state index in [4.69, 9.17) is 10.9 Å². The van der Waals surface area contributed by atoms with Gasteiger partial charge in [-0.05, 0) is 53.9 Å². The molecule has 0 saturated carbocycles. The van der Waals surface area contributed by atoms with Crippen molar-refractivity contribution in [2.45, 2.75) is 25.4 Å². The van der Waals surface area contributed by atoms with E-state index in [1.165, 1.54) is 0 Å². The molecule has 0 amide bonds. The van der Waals surface area contributed by atoms with Gasteiger partial charge in [-0.25, -0.2) is 0 Å². The highest BCUT2D eigenvalue weighted by Crippen LogP contribution is 2.29. The fourth-order valence-electron chi connectivity index (χ4n) is 2.40. The van der Waals surface area contributed by atoms with Crippen LogP contribution in [0.15, 0.2) is 27.8 Å². The molecule has 1 heterocycles. The third-order valence-electron chi connectivity index (χ3n) is 3.38. The van der Waals surface area contributed by atoms with Crippen molar-refractivity contribution in [1.29, 1.82) is 0 Å². The Morgan fingerprint density at radius 1 is 1.53 bits per heavy atom. The van der Waals surface area contributed by atoms with Crippen LogP contribution in [0.1, 0.15) is 25.3 Å². The lowest BCUT2D eigenvalue weighted by Gasteiger charge is -2.38. The zero-order chi connectivity index (χ0) is 14.0. The number of benzene rings is 1. The summed E-state index contributed by atoms with van der Waals surface area (Å²) in [5.74, 6) is 0.0732. The van der Waals surface area contributed by atoms with Crippen LogP contribution >= 0.6 is 15.9 Å². The van der Waals surface area contributed by atoms with E-state index in [1.54, 1.807) is 6.07 Å². The number of halogens is 1. The number of amidine groups is 1. The highest BCUT2D eigenvalue weighted by atomic mass is 79.9. The zero-order valence-electron chi connectivity index (χ0n) is 10.8. The fraction of sp³-hybridized carbons (Fsp3) is 0.462. The zero-order valence-corrected chi connectivity index (χ0v) is 12.4. The Kier molecular flexibility index (Phi) is 4.01. The van der Waals surface area contributed by atoms with Crippen LogP contribution < -0.4 is 10.6 Å². The number of nitrogens with zero attached hydrogens (tertiary/aromatic N) is 2. The van der Waals surface area contributed by atoms with Crippen molar-refractivity contribution in [3.05, 3.63) is 28.2 Å². The minimum absolute atomic E-state index is 0.0732. The number of rotatable bonds is 2. The number of anilines is 1. The third-order valence-corrected chi connectivity index (χ3v) is 4.03. The summed E-state index contributed by atoms with van der Waals surface area (Å²) in [5, 5.41) is 21.8. The van der Waals surface area contributed by atoms with Crippen molar-refractivity contribution in [3.63, 3.8) is 0 Å². The van der Waals surface area contributed by atoms with E-state index >= 15 is 0 Å². The molecule has 2 rings (SSSR count). The first-order chi connectivity index (χ1) is 8.93. The second-order valence-corrected chi connectivity index (χ2v) is 6.03. The molecule has 0 radical (unpaired) electrons. The minimum atomic E-state index is -0.644. The van der Waals surface area contributed by atoms with E-state index in [0.29, 0.717) is 12.1 Å². The Bertz CT molecular complexity index is 503. The number of nitrogens with two attached hydrogens (primary N) is 1. The van der Waals surface area contributed by atoms with Crippen molar-refractivity contribution in [3.8, 4) is 0 Å². The molecule has 19 heavy (non-hydrogen) atoms. The molecule has 6 heteroatoms. The lowest BCUT2D eigenvalue weighted by Crippen LogP contribution is -2.46. The molecule has 1 fully saturated rings. The van der Waals surface area contributed by atoms with Gasteiger partial charge in [0.05, 0.1) is 5.60 Å². The van der Waals surface area contributed by atoms with Gasteiger partial charge in [0.2, 0.25) is 0 Å². The van der Waals surface area contributed by atoms with Gasteiger partial charge in [-0.1, -0.05) is 5.16 Å². The van der Waals surface area contributed by atoms with Crippen molar-refractivity contribution >= 4 is 27.5 Å². The van der Waals surface area contributed by atoms with E-state index in [0.717, 1.165) is 29.5 Å². The van der Waals surface area contributed by atoms with Crippen LogP contribution in [-0.4, -0.2) is 34.8 Å². The Hall–Kier alpha value is -1.27. The molecule has 1 aromatic carbocycles. The molecule has 5 nitrogen and oxygen atoms in total. The van der Waals surface area contributed by atoms with Crippen molar-refractivity contribution < 1.29 is 10.3 Å². The molecule has 1 aromatic rings. The summed E-state index contributed by atoms with van der Waals surface area (Å²) in [6, 6.07) is 5.64. The van der Waals surface area contributed by atoms with Crippen LogP contribution in [0.3, 0.4) is 0 Å². The Balaban J connectivity index is 2.25. The third kappa shape index (κ3) is 3.19. The van der Waals surface area contributed by atoms with E-state index in [9.17, 15) is 5.11 Å². The molecule has 1 saturated heterocycles. The number of aliphatic hydroxyl groups is 1. The van der Waals surface area contributed by atoms with E-state index in [2.05, 4.69) is 26.0 Å². The van der Waals surface area contributed by atoms with Crippen LogP contribution in [-0.2, 0) is 0 Å². The normalized spacial score (nSPS) is 24.6. The Morgan fingerprint density at radius 2 is 2.26 bits per heavy atom. The van der Waals surface area contributed by atoms with Crippen molar-refractivity contribution in [2.24, 2.45) is 10.9 Å². The van der Waals surface area contributed by atoms with E-state index < -0.39 is 5.60 Å². The molecule has 1 unspecified atom stereocenters. The van der Waals surface area contributed by atoms with Gasteiger partial charge in [0.1, 0.15) is 0 Å². The van der Waals surface area contributed by atoms with Gasteiger partial charge < -0.3 is 20.9 Å². The first kappa shape index (κ1) is 14.1. The fourth-order valence-corrected chi connectivity index (χ4v) is 2.97. The molecule has 0 bridgehead atoms.